The Morgan fingerprint density at radius 2 is 1.86 bits per heavy atom. The van der Waals surface area contributed by atoms with Gasteiger partial charge in [0.2, 0.25) is 17.7 Å². The van der Waals surface area contributed by atoms with Gasteiger partial charge in [-0.15, -0.1) is 0 Å². The van der Waals surface area contributed by atoms with Crippen LogP contribution >= 0.6 is 0 Å². The first-order chi connectivity index (χ1) is 16.1. The number of nitriles is 1. The van der Waals surface area contributed by atoms with E-state index in [9.17, 15) is 37.6 Å². The second-order valence-corrected chi connectivity index (χ2v) is 10.9. The first-order valence-corrected chi connectivity index (χ1v) is 11.8. The standard InChI is InChI=1S/C23H32F3N5O4/c1-11-7-13-9-15(11)31(20(34)17(22(2,3)4)30-21(35)23(24,25)26)16(13)19(33)29-14(10-27)8-12-5-6-28-18(12)32/h11-17H,5-9H2,1-4H3,(H,28,32)(H,29,33)(H,30,35)/t11?,12-,13-,14-,15-,16-,17+/m0/s1. The topological polar surface area (TPSA) is 131 Å². The van der Waals surface area contributed by atoms with Crippen molar-refractivity contribution in [2.75, 3.05) is 6.54 Å². The van der Waals surface area contributed by atoms with Crippen molar-refractivity contribution in [1.82, 2.24) is 20.9 Å². The highest BCUT2D eigenvalue weighted by Gasteiger charge is 2.57. The van der Waals surface area contributed by atoms with Crippen LogP contribution in [0.5, 0.6) is 0 Å². The van der Waals surface area contributed by atoms with E-state index >= 15 is 0 Å². The highest BCUT2D eigenvalue weighted by Crippen LogP contribution is 2.47. The average molecular weight is 500 g/mol. The van der Waals surface area contributed by atoms with Crippen LogP contribution in [0.1, 0.15) is 53.4 Å². The van der Waals surface area contributed by atoms with E-state index in [1.54, 1.807) is 0 Å². The third-order valence-electron chi connectivity index (χ3n) is 7.30. The summed E-state index contributed by atoms with van der Waals surface area (Å²) in [5.74, 6) is -4.31. The van der Waals surface area contributed by atoms with Gasteiger partial charge in [0.25, 0.3) is 0 Å². The Bertz CT molecular complexity index is 926. The van der Waals surface area contributed by atoms with E-state index in [1.807, 2.05) is 18.3 Å². The van der Waals surface area contributed by atoms with Crippen LogP contribution in [0.2, 0.25) is 0 Å². The van der Waals surface area contributed by atoms with Crippen molar-refractivity contribution in [3.05, 3.63) is 0 Å². The number of carbonyl (C=O) groups excluding carboxylic acids is 4. The molecule has 7 atom stereocenters. The van der Waals surface area contributed by atoms with Gasteiger partial charge in [-0.2, -0.15) is 18.4 Å². The molecule has 35 heavy (non-hydrogen) atoms. The summed E-state index contributed by atoms with van der Waals surface area (Å²) < 4.78 is 38.9. The van der Waals surface area contributed by atoms with Gasteiger partial charge in [-0.05, 0) is 42.9 Å². The Morgan fingerprint density at radius 3 is 2.37 bits per heavy atom. The van der Waals surface area contributed by atoms with Crippen LogP contribution < -0.4 is 16.0 Å². The number of likely N-dealkylation sites (tertiary alicyclic amines) is 1. The minimum atomic E-state index is -5.16. The summed E-state index contributed by atoms with van der Waals surface area (Å²) in [4.78, 5) is 51.8. The lowest BCUT2D eigenvalue weighted by Crippen LogP contribution is -2.63. The maximum Gasteiger partial charge on any atom is 0.471 e. The molecule has 0 aromatic rings. The fraction of sp³-hybridized carbons (Fsp3) is 0.783. The Hall–Kier alpha value is -2.84. The van der Waals surface area contributed by atoms with Crippen molar-refractivity contribution in [3.8, 4) is 6.07 Å². The number of halogens is 3. The first-order valence-electron chi connectivity index (χ1n) is 11.8. The summed E-state index contributed by atoms with van der Waals surface area (Å²) in [6, 6.07) is -1.80. The Kier molecular flexibility index (Phi) is 7.39. The maximum atomic E-state index is 13.6. The number of hydrogen-bond donors (Lipinski definition) is 3. The lowest BCUT2D eigenvalue weighted by atomic mass is 9.84. The van der Waals surface area contributed by atoms with Crippen LogP contribution in [0.3, 0.4) is 0 Å². The number of rotatable bonds is 6. The number of hydrogen-bond acceptors (Lipinski definition) is 5. The molecule has 2 bridgehead atoms. The summed E-state index contributed by atoms with van der Waals surface area (Å²) in [7, 11) is 0. The van der Waals surface area contributed by atoms with Crippen LogP contribution in [0, 0.1) is 34.5 Å². The maximum absolute atomic E-state index is 13.6. The fourth-order valence-electron chi connectivity index (χ4n) is 5.56. The van der Waals surface area contributed by atoms with Crippen molar-refractivity contribution in [2.45, 2.75) is 83.7 Å². The molecule has 3 fully saturated rings. The zero-order valence-electron chi connectivity index (χ0n) is 20.2. The van der Waals surface area contributed by atoms with E-state index in [2.05, 4.69) is 10.6 Å². The normalized spacial score (nSPS) is 29.8. The minimum Gasteiger partial charge on any atom is -0.356 e. The van der Waals surface area contributed by atoms with E-state index in [4.69, 9.17) is 0 Å². The summed E-state index contributed by atoms with van der Waals surface area (Å²) in [5.41, 5.74) is -1.06. The van der Waals surface area contributed by atoms with Crippen LogP contribution in [0.25, 0.3) is 0 Å². The van der Waals surface area contributed by atoms with E-state index in [0.29, 0.717) is 25.8 Å². The second-order valence-electron chi connectivity index (χ2n) is 10.9. The molecule has 194 valence electrons. The molecule has 2 saturated heterocycles. The minimum absolute atomic E-state index is 0.0286. The molecule has 3 aliphatic rings. The summed E-state index contributed by atoms with van der Waals surface area (Å²) in [6.45, 7) is 7.03. The largest absolute Gasteiger partial charge is 0.471 e. The average Bonchev–Trinajstić information content (AvgIpc) is 3.43. The van der Waals surface area contributed by atoms with E-state index in [-0.39, 0.29) is 30.2 Å². The van der Waals surface area contributed by atoms with Gasteiger partial charge in [0.15, 0.2) is 0 Å². The smallest absolute Gasteiger partial charge is 0.356 e. The number of amides is 4. The first kappa shape index (κ1) is 26.8. The summed E-state index contributed by atoms with van der Waals surface area (Å²) >= 11 is 0. The van der Waals surface area contributed by atoms with Gasteiger partial charge < -0.3 is 20.9 Å². The SMILES string of the molecule is CC1C[C@H]2C[C@@H]1N(C(=O)[C@@H](NC(=O)C(F)(F)F)C(C)(C)C)[C@@H]2C(=O)N[C@H](C#N)C[C@@H]1CCNC1=O. The van der Waals surface area contributed by atoms with Crippen LogP contribution in [-0.4, -0.2) is 65.4 Å². The quantitative estimate of drug-likeness (QED) is 0.506. The Labute approximate surface area is 202 Å². The molecule has 0 aromatic carbocycles. The molecule has 0 aromatic heterocycles. The molecule has 12 heteroatoms. The van der Waals surface area contributed by atoms with Crippen molar-refractivity contribution >= 4 is 23.6 Å². The third-order valence-corrected chi connectivity index (χ3v) is 7.30. The highest BCUT2D eigenvalue weighted by atomic mass is 19.4. The van der Waals surface area contributed by atoms with Gasteiger partial charge in [-0.25, -0.2) is 0 Å². The van der Waals surface area contributed by atoms with Gasteiger partial charge in [0.05, 0.1) is 6.07 Å². The molecule has 1 aliphatic carbocycles. The van der Waals surface area contributed by atoms with Crippen molar-refractivity contribution in [3.63, 3.8) is 0 Å². The lowest BCUT2D eigenvalue weighted by Gasteiger charge is -2.42. The second kappa shape index (κ2) is 9.66. The van der Waals surface area contributed by atoms with Gasteiger partial charge in [-0.3, -0.25) is 19.2 Å². The predicted molar refractivity (Wildman–Crippen MR) is 117 cm³/mol. The van der Waals surface area contributed by atoms with Gasteiger partial charge in [0.1, 0.15) is 18.1 Å². The fourth-order valence-corrected chi connectivity index (χ4v) is 5.56. The van der Waals surface area contributed by atoms with Crippen LogP contribution in [0.4, 0.5) is 13.2 Å². The monoisotopic (exact) mass is 499 g/mol. The Morgan fingerprint density at radius 1 is 1.20 bits per heavy atom. The number of fused-ring (bicyclic) bond motifs is 2. The van der Waals surface area contributed by atoms with Crippen LogP contribution in [-0.2, 0) is 19.2 Å². The molecule has 2 aliphatic heterocycles. The molecule has 3 rings (SSSR count). The zero-order valence-corrected chi connectivity index (χ0v) is 20.2. The molecule has 2 heterocycles. The van der Waals surface area contributed by atoms with Crippen molar-refractivity contribution in [2.24, 2.45) is 23.2 Å². The third kappa shape index (κ3) is 5.54. The molecule has 1 saturated carbocycles. The Balaban J connectivity index is 1.82. The molecular weight excluding hydrogens is 467 g/mol. The van der Waals surface area contributed by atoms with E-state index in [0.717, 1.165) is 0 Å². The number of carbonyl (C=O) groups is 4. The zero-order chi connectivity index (χ0) is 26.3. The number of nitrogens with zero attached hydrogens (tertiary/aromatic N) is 2. The number of alkyl halides is 3. The van der Waals surface area contributed by atoms with Gasteiger partial charge in [0, 0.05) is 18.5 Å². The molecule has 4 amide bonds. The lowest BCUT2D eigenvalue weighted by molar-refractivity contribution is -0.176. The highest BCUT2D eigenvalue weighted by molar-refractivity contribution is 5.94. The number of piperidine rings is 1. The number of nitrogens with one attached hydrogen (secondary N) is 3. The molecule has 1 unspecified atom stereocenters. The molecule has 9 nitrogen and oxygen atoms in total. The van der Waals surface area contributed by atoms with Crippen LogP contribution in [0.15, 0.2) is 0 Å². The molecule has 0 radical (unpaired) electrons. The summed E-state index contributed by atoms with van der Waals surface area (Å²) in [6.07, 6.45) is -3.31. The van der Waals surface area contributed by atoms with E-state index < -0.39 is 53.4 Å². The van der Waals surface area contributed by atoms with E-state index in [1.165, 1.54) is 25.7 Å². The molecule has 0 spiro atoms. The van der Waals surface area contributed by atoms with Gasteiger partial charge >= 0.3 is 12.1 Å². The molecular formula is C23H32F3N5O4. The predicted octanol–water partition coefficient (Wildman–Crippen LogP) is 1.24. The van der Waals surface area contributed by atoms with Gasteiger partial charge in [-0.1, -0.05) is 27.7 Å². The van der Waals surface area contributed by atoms with Crippen molar-refractivity contribution in [1.29, 1.82) is 5.26 Å². The van der Waals surface area contributed by atoms with Crippen molar-refractivity contribution < 1.29 is 32.3 Å². The summed E-state index contributed by atoms with van der Waals surface area (Å²) in [5, 5.41) is 16.7. The molecule has 3 N–H and O–H groups in total.